The average molecular weight is 302 g/mol. The Balaban J connectivity index is 1.94. The van der Waals surface area contributed by atoms with Gasteiger partial charge in [0.05, 0.1) is 19.1 Å². The molecule has 0 spiro atoms. The summed E-state index contributed by atoms with van der Waals surface area (Å²) in [5.41, 5.74) is 0. The number of hydrogen-bond acceptors (Lipinski definition) is 4. The van der Waals surface area contributed by atoms with Crippen molar-refractivity contribution >= 4 is 23.8 Å². The van der Waals surface area contributed by atoms with E-state index in [2.05, 4.69) is 0 Å². The molecule has 2 aliphatic rings. The number of likely N-dealkylation sites (tertiary alicyclic amines) is 1. The number of carbonyl (C=O) groups is 2. The molecule has 6 nitrogen and oxygen atoms in total. The summed E-state index contributed by atoms with van der Waals surface area (Å²) in [6.45, 7) is 2.79. The zero-order chi connectivity index (χ0) is 14.5. The van der Waals surface area contributed by atoms with Crippen LogP contribution in [0.2, 0.25) is 0 Å². The maximum Gasteiger partial charge on any atom is 0.320 e. The van der Waals surface area contributed by atoms with Crippen LogP contribution in [0.25, 0.3) is 0 Å². The van der Waals surface area contributed by atoms with Crippen LogP contribution in [0.5, 0.6) is 0 Å². The van der Waals surface area contributed by atoms with E-state index in [1.165, 1.54) is 0 Å². The van der Waals surface area contributed by atoms with Crippen molar-refractivity contribution in [1.29, 1.82) is 0 Å². The minimum absolute atomic E-state index is 0.00449. The fourth-order valence-corrected chi connectivity index (χ4v) is 3.90. The first-order valence-electron chi connectivity index (χ1n) is 6.96. The van der Waals surface area contributed by atoms with Crippen molar-refractivity contribution in [3.63, 3.8) is 0 Å². The highest BCUT2D eigenvalue weighted by Crippen LogP contribution is 2.24. The van der Waals surface area contributed by atoms with Crippen molar-refractivity contribution in [1.82, 2.24) is 9.80 Å². The van der Waals surface area contributed by atoms with Gasteiger partial charge in [-0.25, -0.2) is 4.79 Å². The third-order valence-corrected chi connectivity index (χ3v) is 4.93. The Morgan fingerprint density at radius 2 is 2.20 bits per heavy atom. The quantitative estimate of drug-likeness (QED) is 0.838. The molecule has 0 aromatic carbocycles. The number of nitrogens with zero attached hydrogens (tertiary/aromatic N) is 2. The monoisotopic (exact) mass is 302 g/mol. The molecule has 2 fully saturated rings. The lowest BCUT2D eigenvalue weighted by atomic mass is 10.1. The number of amides is 2. The number of hydrogen-bond donors (Lipinski definition) is 1. The van der Waals surface area contributed by atoms with E-state index < -0.39 is 5.97 Å². The largest absolute Gasteiger partial charge is 0.481 e. The van der Waals surface area contributed by atoms with Crippen LogP contribution in [0.3, 0.4) is 0 Å². The topological polar surface area (TPSA) is 70.1 Å². The van der Waals surface area contributed by atoms with Crippen LogP contribution in [0.1, 0.15) is 12.8 Å². The van der Waals surface area contributed by atoms with E-state index in [1.807, 2.05) is 4.90 Å². The predicted octanol–water partition coefficient (Wildman–Crippen LogP) is 0.967. The number of rotatable bonds is 4. The summed E-state index contributed by atoms with van der Waals surface area (Å²) < 4.78 is 5.14. The molecule has 2 atom stereocenters. The van der Waals surface area contributed by atoms with E-state index in [4.69, 9.17) is 9.84 Å². The first kappa shape index (κ1) is 15.4. The number of aliphatic carboxylic acids is 1. The molecule has 2 saturated heterocycles. The smallest absolute Gasteiger partial charge is 0.320 e. The van der Waals surface area contributed by atoms with Crippen LogP contribution in [-0.2, 0) is 9.53 Å². The highest BCUT2D eigenvalue weighted by atomic mass is 32.2. The van der Waals surface area contributed by atoms with E-state index >= 15 is 0 Å². The van der Waals surface area contributed by atoms with Gasteiger partial charge in [0, 0.05) is 44.2 Å². The molecule has 114 valence electrons. The van der Waals surface area contributed by atoms with Gasteiger partial charge in [0.15, 0.2) is 0 Å². The molecular formula is C13H22N2O4S. The minimum Gasteiger partial charge on any atom is -0.481 e. The molecule has 7 heteroatoms. The first-order chi connectivity index (χ1) is 9.61. The van der Waals surface area contributed by atoms with Gasteiger partial charge in [-0.15, -0.1) is 0 Å². The van der Waals surface area contributed by atoms with Crippen LogP contribution in [-0.4, -0.2) is 77.8 Å². The van der Waals surface area contributed by atoms with Gasteiger partial charge < -0.3 is 19.6 Å². The number of ether oxygens (including phenoxy) is 1. The number of carboxylic acid groups (broad SMARTS) is 1. The molecule has 20 heavy (non-hydrogen) atoms. The van der Waals surface area contributed by atoms with Crippen LogP contribution < -0.4 is 0 Å². The average Bonchev–Trinajstić information content (AvgIpc) is 2.87. The summed E-state index contributed by atoms with van der Waals surface area (Å²) in [5.74, 6) is 1.17. The van der Waals surface area contributed by atoms with Crippen LogP contribution in [0.15, 0.2) is 0 Å². The van der Waals surface area contributed by atoms with Gasteiger partial charge in [0.25, 0.3) is 0 Å². The van der Waals surface area contributed by atoms with E-state index in [-0.39, 0.29) is 18.5 Å². The number of carbonyl (C=O) groups excluding carboxylic acids is 1. The molecule has 2 unspecified atom stereocenters. The predicted molar refractivity (Wildman–Crippen MR) is 77.0 cm³/mol. The normalized spacial score (nSPS) is 26.9. The second-order valence-corrected chi connectivity index (χ2v) is 6.51. The minimum atomic E-state index is -0.839. The molecule has 0 bridgehead atoms. The van der Waals surface area contributed by atoms with Gasteiger partial charge in [-0.2, -0.15) is 11.8 Å². The maximum absolute atomic E-state index is 12.6. The Labute approximate surface area is 123 Å². The standard InChI is InChI=1S/C13H22N2O4S/c1-19-8-10-2-3-14(7-10)13(18)15-4-5-20-9-11(15)6-12(16)17/h10-11H,2-9H2,1H3,(H,16,17). The van der Waals surface area contributed by atoms with E-state index in [1.54, 1.807) is 23.8 Å². The zero-order valence-corrected chi connectivity index (χ0v) is 12.6. The summed E-state index contributed by atoms with van der Waals surface area (Å²) in [5, 5.41) is 8.97. The SMILES string of the molecule is COCC1CCN(C(=O)N2CCSCC2CC(=O)O)C1. The second-order valence-electron chi connectivity index (χ2n) is 5.36. The number of methoxy groups -OCH3 is 1. The van der Waals surface area contributed by atoms with Crippen LogP contribution in [0, 0.1) is 5.92 Å². The third-order valence-electron chi connectivity index (χ3n) is 3.84. The molecule has 0 radical (unpaired) electrons. The first-order valence-corrected chi connectivity index (χ1v) is 8.11. The molecule has 2 rings (SSSR count). The molecule has 0 aliphatic carbocycles. The maximum atomic E-state index is 12.6. The van der Waals surface area contributed by atoms with Crippen LogP contribution >= 0.6 is 11.8 Å². The molecule has 2 amide bonds. The molecule has 0 saturated carbocycles. The van der Waals surface area contributed by atoms with Gasteiger partial charge >= 0.3 is 12.0 Å². The second kappa shape index (κ2) is 7.17. The molecular weight excluding hydrogens is 280 g/mol. The molecule has 0 aromatic heterocycles. The summed E-state index contributed by atoms with van der Waals surface area (Å²) in [7, 11) is 1.68. The van der Waals surface area contributed by atoms with E-state index in [0.717, 1.165) is 25.3 Å². The molecule has 1 N–H and O–H groups in total. The van der Waals surface area contributed by atoms with Gasteiger partial charge in [-0.1, -0.05) is 0 Å². The third kappa shape index (κ3) is 3.79. The fraction of sp³-hybridized carbons (Fsp3) is 0.846. The number of urea groups is 1. The van der Waals surface area contributed by atoms with E-state index in [9.17, 15) is 9.59 Å². The zero-order valence-electron chi connectivity index (χ0n) is 11.8. The van der Waals surface area contributed by atoms with Crippen molar-refractivity contribution < 1.29 is 19.4 Å². The van der Waals surface area contributed by atoms with E-state index in [0.29, 0.717) is 24.8 Å². The Morgan fingerprint density at radius 1 is 1.40 bits per heavy atom. The Bertz CT molecular complexity index is 366. The van der Waals surface area contributed by atoms with Crippen molar-refractivity contribution in [2.75, 3.05) is 44.9 Å². The van der Waals surface area contributed by atoms with Crippen molar-refractivity contribution in [2.24, 2.45) is 5.92 Å². The van der Waals surface area contributed by atoms with Gasteiger partial charge in [-0.05, 0) is 6.42 Å². The lowest BCUT2D eigenvalue weighted by Crippen LogP contribution is -2.52. The number of carboxylic acids is 1. The Morgan fingerprint density at radius 3 is 2.90 bits per heavy atom. The highest BCUT2D eigenvalue weighted by Gasteiger charge is 2.34. The van der Waals surface area contributed by atoms with Gasteiger partial charge in [0.2, 0.25) is 0 Å². The molecule has 2 heterocycles. The van der Waals surface area contributed by atoms with Crippen molar-refractivity contribution in [2.45, 2.75) is 18.9 Å². The Kier molecular flexibility index (Phi) is 5.54. The summed E-state index contributed by atoms with van der Waals surface area (Å²) in [6, 6.07) is -0.185. The lowest BCUT2D eigenvalue weighted by Gasteiger charge is -2.37. The Hall–Kier alpha value is -0.950. The lowest BCUT2D eigenvalue weighted by molar-refractivity contribution is -0.138. The summed E-state index contributed by atoms with van der Waals surface area (Å²) >= 11 is 1.72. The summed E-state index contributed by atoms with van der Waals surface area (Å²) in [4.78, 5) is 27.1. The van der Waals surface area contributed by atoms with Crippen molar-refractivity contribution in [3.8, 4) is 0 Å². The molecule has 2 aliphatic heterocycles. The van der Waals surface area contributed by atoms with Crippen LogP contribution in [0.4, 0.5) is 4.79 Å². The summed E-state index contributed by atoms with van der Waals surface area (Å²) in [6.07, 6.45) is 1.000. The van der Waals surface area contributed by atoms with Crippen molar-refractivity contribution in [3.05, 3.63) is 0 Å². The van der Waals surface area contributed by atoms with Gasteiger partial charge in [-0.3, -0.25) is 4.79 Å². The van der Waals surface area contributed by atoms with Gasteiger partial charge in [0.1, 0.15) is 0 Å². The molecule has 0 aromatic rings. The fourth-order valence-electron chi connectivity index (χ4n) is 2.84. The number of thioether (sulfide) groups is 1. The highest BCUT2D eigenvalue weighted by molar-refractivity contribution is 7.99.